The fourth-order valence-electron chi connectivity index (χ4n) is 1.57. The molecule has 12 heavy (non-hydrogen) atoms. The molecule has 0 aliphatic carbocycles. The van der Waals surface area contributed by atoms with Crippen molar-refractivity contribution in [3.63, 3.8) is 0 Å². The Morgan fingerprint density at radius 1 is 1.42 bits per heavy atom. The van der Waals surface area contributed by atoms with E-state index in [2.05, 4.69) is 5.32 Å². The molecule has 72 valence electrons. The molecule has 0 radical (unpaired) electrons. The van der Waals surface area contributed by atoms with Crippen molar-refractivity contribution in [1.82, 2.24) is 5.32 Å². The van der Waals surface area contributed by atoms with Gasteiger partial charge in [0, 0.05) is 0 Å². The first kappa shape index (κ1) is 9.84. The number of hydrogen-bond donors (Lipinski definition) is 1. The molecule has 1 nitrogen and oxygen atoms in total. The second-order valence-electron chi connectivity index (χ2n) is 3.44. The first-order chi connectivity index (χ1) is 5.52. The number of rotatable bonds is 1. The van der Waals surface area contributed by atoms with E-state index in [9.17, 15) is 13.2 Å². The van der Waals surface area contributed by atoms with Gasteiger partial charge in [0.15, 0.2) is 0 Å². The van der Waals surface area contributed by atoms with Crippen LogP contribution in [0.2, 0.25) is 0 Å². The summed E-state index contributed by atoms with van der Waals surface area (Å²) in [5.41, 5.74) is 0. The molecule has 0 aromatic rings. The zero-order chi connectivity index (χ0) is 9.19. The molecule has 0 bridgehead atoms. The highest BCUT2D eigenvalue weighted by atomic mass is 19.4. The highest BCUT2D eigenvalue weighted by Crippen LogP contribution is 2.34. The van der Waals surface area contributed by atoms with E-state index in [0.717, 1.165) is 13.0 Å². The average Bonchev–Trinajstić information content (AvgIpc) is 2.03. The first-order valence-electron chi connectivity index (χ1n) is 4.29. The Kier molecular flexibility index (Phi) is 2.99. The van der Waals surface area contributed by atoms with Crippen molar-refractivity contribution < 1.29 is 13.2 Å². The van der Waals surface area contributed by atoms with Gasteiger partial charge in [-0.15, -0.1) is 0 Å². The van der Waals surface area contributed by atoms with E-state index in [4.69, 9.17) is 0 Å². The lowest BCUT2D eigenvalue weighted by molar-refractivity contribution is -0.184. The molecule has 2 atom stereocenters. The molecular formula is C8H14F3N. The summed E-state index contributed by atoms with van der Waals surface area (Å²) in [7, 11) is 0. The monoisotopic (exact) mass is 181 g/mol. The summed E-state index contributed by atoms with van der Waals surface area (Å²) in [6.07, 6.45) is -2.46. The van der Waals surface area contributed by atoms with Gasteiger partial charge < -0.3 is 5.32 Å². The minimum Gasteiger partial charge on any atom is -0.316 e. The Hall–Kier alpha value is -0.250. The molecule has 1 fully saturated rings. The van der Waals surface area contributed by atoms with E-state index in [-0.39, 0.29) is 5.92 Å². The van der Waals surface area contributed by atoms with Crippen molar-refractivity contribution >= 4 is 0 Å². The van der Waals surface area contributed by atoms with Crippen LogP contribution in [0.25, 0.3) is 0 Å². The van der Waals surface area contributed by atoms with Gasteiger partial charge in [0.25, 0.3) is 0 Å². The summed E-state index contributed by atoms with van der Waals surface area (Å²) in [4.78, 5) is 0. The molecule has 0 aromatic carbocycles. The smallest absolute Gasteiger partial charge is 0.316 e. The molecule has 1 saturated heterocycles. The fraction of sp³-hybridized carbons (Fsp3) is 1.00. The van der Waals surface area contributed by atoms with E-state index >= 15 is 0 Å². The third-order valence-electron chi connectivity index (χ3n) is 2.56. The first-order valence-corrected chi connectivity index (χ1v) is 4.29. The Morgan fingerprint density at radius 2 is 2.08 bits per heavy atom. The molecule has 1 aliphatic rings. The topological polar surface area (TPSA) is 12.0 Å². The van der Waals surface area contributed by atoms with Crippen LogP contribution in [0.4, 0.5) is 13.2 Å². The molecule has 2 unspecified atom stereocenters. The summed E-state index contributed by atoms with van der Waals surface area (Å²) < 4.78 is 36.6. The molecule has 4 heteroatoms. The van der Waals surface area contributed by atoms with E-state index in [1.54, 1.807) is 0 Å². The molecule has 1 aliphatic heterocycles. The maximum Gasteiger partial charge on any atom is 0.391 e. The third-order valence-corrected chi connectivity index (χ3v) is 2.56. The van der Waals surface area contributed by atoms with Crippen molar-refractivity contribution in [2.24, 2.45) is 11.8 Å². The van der Waals surface area contributed by atoms with Crippen LogP contribution in [0.1, 0.15) is 19.8 Å². The quantitative estimate of drug-likeness (QED) is 0.653. The van der Waals surface area contributed by atoms with E-state index in [0.29, 0.717) is 13.0 Å². The van der Waals surface area contributed by atoms with Gasteiger partial charge in [-0.2, -0.15) is 13.2 Å². The molecule has 0 saturated carbocycles. The van der Waals surface area contributed by atoms with Gasteiger partial charge >= 0.3 is 6.18 Å². The van der Waals surface area contributed by atoms with Crippen LogP contribution >= 0.6 is 0 Å². The molecule has 0 aromatic heterocycles. The van der Waals surface area contributed by atoms with Crippen LogP contribution in [0.5, 0.6) is 0 Å². The van der Waals surface area contributed by atoms with Crippen LogP contribution in [-0.2, 0) is 0 Å². The Bertz CT molecular complexity index is 138. The normalized spacial score (nSPS) is 28.5. The maximum absolute atomic E-state index is 12.2. The summed E-state index contributed by atoms with van der Waals surface area (Å²) in [6.45, 7) is 2.65. The van der Waals surface area contributed by atoms with Crippen LogP contribution in [0, 0.1) is 11.8 Å². The summed E-state index contributed by atoms with van der Waals surface area (Å²) in [5, 5.41) is 2.99. The Balaban J connectivity index is 2.45. The van der Waals surface area contributed by atoms with Crippen molar-refractivity contribution in [2.45, 2.75) is 25.9 Å². The second kappa shape index (κ2) is 3.64. The highest BCUT2D eigenvalue weighted by Gasteiger charge is 2.41. The Morgan fingerprint density at radius 3 is 2.50 bits per heavy atom. The lowest BCUT2D eigenvalue weighted by Gasteiger charge is -2.29. The van der Waals surface area contributed by atoms with Crippen molar-refractivity contribution in [3.8, 4) is 0 Å². The van der Waals surface area contributed by atoms with Gasteiger partial charge in [-0.1, -0.05) is 6.92 Å². The zero-order valence-corrected chi connectivity index (χ0v) is 7.12. The standard InChI is InChI=1S/C8H14F3N/c1-6(8(9,10)11)7-3-2-4-12-5-7/h6-7,12H,2-5H2,1H3. The van der Waals surface area contributed by atoms with Gasteiger partial charge in [-0.25, -0.2) is 0 Å². The van der Waals surface area contributed by atoms with Crippen LogP contribution in [0.3, 0.4) is 0 Å². The van der Waals surface area contributed by atoms with Gasteiger partial charge in [0.2, 0.25) is 0 Å². The molecular weight excluding hydrogens is 167 g/mol. The summed E-state index contributed by atoms with van der Waals surface area (Å²) in [6, 6.07) is 0. The SMILES string of the molecule is CC(C1CCCNC1)C(F)(F)F. The zero-order valence-electron chi connectivity index (χ0n) is 7.12. The summed E-state index contributed by atoms with van der Waals surface area (Å²) >= 11 is 0. The largest absolute Gasteiger partial charge is 0.391 e. The predicted molar refractivity (Wildman–Crippen MR) is 40.8 cm³/mol. The minimum atomic E-state index is -4.02. The summed E-state index contributed by atoms with van der Waals surface area (Å²) in [5.74, 6) is -1.39. The van der Waals surface area contributed by atoms with Crippen molar-refractivity contribution in [1.29, 1.82) is 0 Å². The number of nitrogens with one attached hydrogen (secondary N) is 1. The number of alkyl halides is 3. The van der Waals surface area contributed by atoms with Crippen LogP contribution in [-0.4, -0.2) is 19.3 Å². The predicted octanol–water partition coefficient (Wildman–Crippen LogP) is 2.18. The molecule has 1 heterocycles. The highest BCUT2D eigenvalue weighted by molar-refractivity contribution is 4.77. The van der Waals surface area contributed by atoms with Gasteiger partial charge in [0.1, 0.15) is 0 Å². The van der Waals surface area contributed by atoms with E-state index < -0.39 is 12.1 Å². The van der Waals surface area contributed by atoms with Gasteiger partial charge in [-0.3, -0.25) is 0 Å². The van der Waals surface area contributed by atoms with Crippen molar-refractivity contribution in [2.75, 3.05) is 13.1 Å². The van der Waals surface area contributed by atoms with Crippen LogP contribution < -0.4 is 5.32 Å². The minimum absolute atomic E-state index is 0.223. The van der Waals surface area contributed by atoms with E-state index in [1.807, 2.05) is 0 Å². The molecule has 1 N–H and O–H groups in total. The van der Waals surface area contributed by atoms with Gasteiger partial charge in [0.05, 0.1) is 5.92 Å². The second-order valence-corrected chi connectivity index (χ2v) is 3.44. The molecule has 0 amide bonds. The molecule has 1 rings (SSSR count). The van der Waals surface area contributed by atoms with Crippen LogP contribution in [0.15, 0.2) is 0 Å². The lowest BCUT2D eigenvalue weighted by atomic mass is 9.87. The third kappa shape index (κ3) is 2.37. The van der Waals surface area contributed by atoms with Crippen molar-refractivity contribution in [3.05, 3.63) is 0 Å². The number of halogens is 3. The number of piperidine rings is 1. The molecule has 0 spiro atoms. The number of hydrogen-bond acceptors (Lipinski definition) is 1. The Labute approximate surface area is 70.3 Å². The van der Waals surface area contributed by atoms with Gasteiger partial charge in [-0.05, 0) is 31.8 Å². The lowest BCUT2D eigenvalue weighted by Crippen LogP contribution is -2.38. The average molecular weight is 181 g/mol. The maximum atomic E-state index is 12.2. The van der Waals surface area contributed by atoms with E-state index in [1.165, 1.54) is 6.92 Å². The fourth-order valence-corrected chi connectivity index (χ4v) is 1.57.